The number of hydrogen-bond acceptors (Lipinski definition) is 3. The Morgan fingerprint density at radius 2 is 1.71 bits per heavy atom. The molecule has 1 atom stereocenters. The first kappa shape index (κ1) is 23.4. The molecule has 0 saturated carbocycles. The van der Waals surface area contributed by atoms with E-state index in [2.05, 4.69) is 51.3 Å². The van der Waals surface area contributed by atoms with Crippen molar-refractivity contribution in [3.05, 3.63) is 35.4 Å². The maximum Gasteiger partial charge on any atom is 0.188 e. The maximum atomic E-state index is 6.07. The molecule has 0 aromatic heterocycles. The van der Waals surface area contributed by atoms with Gasteiger partial charge in [-0.1, -0.05) is 44.0 Å². The molecule has 1 unspecified atom stereocenters. The number of rotatable bonds is 7. The molecule has 0 radical (unpaired) electrons. The van der Waals surface area contributed by atoms with Crippen LogP contribution < -0.4 is 11.1 Å². The lowest BCUT2D eigenvalue weighted by atomic mass is 10.1. The van der Waals surface area contributed by atoms with Gasteiger partial charge in [-0.05, 0) is 63.0 Å². The minimum Gasteiger partial charge on any atom is -0.370 e. The van der Waals surface area contributed by atoms with Crippen molar-refractivity contribution in [3.63, 3.8) is 0 Å². The molecule has 5 nitrogen and oxygen atoms in total. The molecule has 158 valence electrons. The van der Waals surface area contributed by atoms with Crippen molar-refractivity contribution in [2.75, 3.05) is 32.7 Å². The average Bonchev–Trinajstić information content (AvgIpc) is 3.00. The first-order valence-corrected chi connectivity index (χ1v) is 10.8. The average molecular weight is 499 g/mol. The van der Waals surface area contributed by atoms with E-state index in [-0.39, 0.29) is 24.0 Å². The van der Waals surface area contributed by atoms with Crippen molar-refractivity contribution >= 4 is 29.9 Å². The third-order valence-corrected chi connectivity index (χ3v) is 5.98. The van der Waals surface area contributed by atoms with Crippen molar-refractivity contribution in [2.24, 2.45) is 10.7 Å². The first-order chi connectivity index (χ1) is 13.2. The molecule has 2 saturated heterocycles. The topological polar surface area (TPSA) is 56.9 Å². The number of nitrogens with zero attached hydrogens (tertiary/aromatic N) is 3. The Balaban J connectivity index is 0.00000280. The van der Waals surface area contributed by atoms with Crippen LogP contribution in [-0.2, 0) is 13.1 Å². The summed E-state index contributed by atoms with van der Waals surface area (Å²) in [7, 11) is 0. The van der Waals surface area contributed by atoms with Gasteiger partial charge in [-0.15, -0.1) is 24.0 Å². The van der Waals surface area contributed by atoms with Gasteiger partial charge in [-0.3, -0.25) is 9.80 Å². The van der Waals surface area contributed by atoms with E-state index in [0.717, 1.165) is 19.6 Å². The van der Waals surface area contributed by atoms with Crippen molar-refractivity contribution in [2.45, 2.75) is 64.6 Å². The Bertz CT molecular complexity index is 581. The smallest absolute Gasteiger partial charge is 0.188 e. The van der Waals surface area contributed by atoms with E-state index in [1.165, 1.54) is 69.3 Å². The zero-order valence-electron chi connectivity index (χ0n) is 17.4. The Morgan fingerprint density at radius 1 is 1.04 bits per heavy atom. The standard InChI is InChI=1S/C22H37N5.HI/c1-2-27-15-7-8-21(27)17-25-22(23)24-16-19-9-11-20(12-10-19)18-26-13-5-3-4-6-14-26;/h9-12,21H,2-8,13-18H2,1H3,(H3,23,24,25);1H. The number of hydrogen-bond donors (Lipinski definition) is 2. The van der Waals surface area contributed by atoms with Crippen LogP contribution in [0.25, 0.3) is 0 Å². The molecule has 3 rings (SSSR count). The van der Waals surface area contributed by atoms with Crippen LogP contribution in [0, 0.1) is 0 Å². The second kappa shape index (κ2) is 12.6. The van der Waals surface area contributed by atoms with Gasteiger partial charge >= 0.3 is 0 Å². The van der Waals surface area contributed by atoms with Crippen molar-refractivity contribution < 1.29 is 0 Å². The summed E-state index contributed by atoms with van der Waals surface area (Å²) in [6.07, 6.45) is 8.01. The summed E-state index contributed by atoms with van der Waals surface area (Å²) in [5, 5.41) is 3.31. The van der Waals surface area contributed by atoms with Gasteiger partial charge in [-0.2, -0.15) is 0 Å². The van der Waals surface area contributed by atoms with Crippen LogP contribution in [0.1, 0.15) is 56.6 Å². The molecule has 0 amide bonds. The Morgan fingerprint density at radius 3 is 2.39 bits per heavy atom. The van der Waals surface area contributed by atoms with Gasteiger partial charge < -0.3 is 11.1 Å². The Hall–Kier alpha value is -0.860. The van der Waals surface area contributed by atoms with Gasteiger partial charge in [0.05, 0.1) is 6.54 Å². The zero-order chi connectivity index (χ0) is 18.9. The largest absolute Gasteiger partial charge is 0.370 e. The predicted molar refractivity (Wildman–Crippen MR) is 129 cm³/mol. The van der Waals surface area contributed by atoms with Gasteiger partial charge in [0.2, 0.25) is 0 Å². The summed E-state index contributed by atoms with van der Waals surface area (Å²) in [5.74, 6) is 0.562. The van der Waals surface area contributed by atoms with Gasteiger partial charge in [0.15, 0.2) is 5.96 Å². The van der Waals surface area contributed by atoms with Gasteiger partial charge in [0.25, 0.3) is 0 Å². The Kier molecular flexibility index (Phi) is 10.6. The van der Waals surface area contributed by atoms with E-state index in [0.29, 0.717) is 18.5 Å². The highest BCUT2D eigenvalue weighted by atomic mass is 127. The number of guanidine groups is 1. The van der Waals surface area contributed by atoms with Crippen LogP contribution in [0.2, 0.25) is 0 Å². The van der Waals surface area contributed by atoms with Crippen LogP contribution >= 0.6 is 24.0 Å². The molecular weight excluding hydrogens is 461 g/mol. The molecular formula is C22H38IN5. The minimum atomic E-state index is 0. The second-order valence-corrected chi connectivity index (χ2v) is 8.01. The molecule has 3 N–H and O–H groups in total. The third kappa shape index (κ3) is 7.52. The molecule has 0 aliphatic carbocycles. The summed E-state index contributed by atoms with van der Waals surface area (Å²) >= 11 is 0. The zero-order valence-corrected chi connectivity index (χ0v) is 19.7. The number of nitrogens with two attached hydrogens (primary N) is 1. The fraction of sp³-hybridized carbons (Fsp3) is 0.682. The molecule has 6 heteroatoms. The lowest BCUT2D eigenvalue weighted by Crippen LogP contribution is -2.42. The number of nitrogens with one attached hydrogen (secondary N) is 1. The number of likely N-dealkylation sites (tertiary alicyclic amines) is 2. The summed E-state index contributed by atoms with van der Waals surface area (Å²) in [4.78, 5) is 9.62. The number of aliphatic imine (C=N–C) groups is 1. The van der Waals surface area contributed by atoms with E-state index < -0.39 is 0 Å². The van der Waals surface area contributed by atoms with Crippen LogP contribution in [0.15, 0.2) is 29.3 Å². The summed E-state index contributed by atoms with van der Waals surface area (Å²) in [5.41, 5.74) is 8.69. The van der Waals surface area contributed by atoms with Crippen molar-refractivity contribution in [3.8, 4) is 0 Å². The molecule has 2 heterocycles. The highest BCUT2D eigenvalue weighted by Gasteiger charge is 2.22. The van der Waals surface area contributed by atoms with Crippen LogP contribution in [-0.4, -0.2) is 54.5 Å². The number of halogens is 1. The molecule has 2 aliphatic heterocycles. The molecule has 28 heavy (non-hydrogen) atoms. The van der Waals surface area contributed by atoms with Crippen molar-refractivity contribution in [1.29, 1.82) is 0 Å². The highest BCUT2D eigenvalue weighted by molar-refractivity contribution is 14.0. The minimum absolute atomic E-state index is 0. The van der Waals surface area contributed by atoms with E-state index in [9.17, 15) is 0 Å². The molecule has 0 bridgehead atoms. The van der Waals surface area contributed by atoms with Crippen LogP contribution in [0.4, 0.5) is 0 Å². The number of likely N-dealkylation sites (N-methyl/N-ethyl adjacent to an activating group) is 1. The van der Waals surface area contributed by atoms with Crippen LogP contribution in [0.5, 0.6) is 0 Å². The fourth-order valence-corrected chi connectivity index (χ4v) is 4.30. The normalized spacial score (nSPS) is 21.9. The van der Waals surface area contributed by atoms with E-state index in [1.54, 1.807) is 0 Å². The monoisotopic (exact) mass is 499 g/mol. The molecule has 0 spiro atoms. The van der Waals surface area contributed by atoms with Gasteiger partial charge in [0.1, 0.15) is 0 Å². The lowest BCUT2D eigenvalue weighted by Gasteiger charge is -2.23. The molecule has 1 aromatic carbocycles. The maximum absolute atomic E-state index is 6.07. The fourth-order valence-electron chi connectivity index (χ4n) is 4.30. The van der Waals surface area contributed by atoms with Crippen molar-refractivity contribution in [1.82, 2.24) is 15.1 Å². The SMILES string of the molecule is CCN1CCCC1CNC(N)=NCc1ccc(CN2CCCCCC2)cc1.I. The summed E-state index contributed by atoms with van der Waals surface area (Å²) in [6, 6.07) is 9.48. The molecule has 1 aromatic rings. The van der Waals surface area contributed by atoms with E-state index in [1.807, 2.05) is 0 Å². The van der Waals surface area contributed by atoms with Crippen LogP contribution in [0.3, 0.4) is 0 Å². The first-order valence-electron chi connectivity index (χ1n) is 10.8. The second-order valence-electron chi connectivity index (χ2n) is 8.01. The van der Waals surface area contributed by atoms with Gasteiger partial charge in [-0.25, -0.2) is 4.99 Å². The highest BCUT2D eigenvalue weighted by Crippen LogP contribution is 2.16. The Labute approximate surface area is 188 Å². The number of benzene rings is 1. The third-order valence-electron chi connectivity index (χ3n) is 5.98. The summed E-state index contributed by atoms with van der Waals surface area (Å²) in [6.45, 7) is 9.66. The van der Waals surface area contributed by atoms with Gasteiger partial charge in [0, 0.05) is 19.1 Å². The molecule has 2 fully saturated rings. The summed E-state index contributed by atoms with van der Waals surface area (Å²) < 4.78 is 0. The van der Waals surface area contributed by atoms with E-state index in [4.69, 9.17) is 5.73 Å². The lowest BCUT2D eigenvalue weighted by molar-refractivity contribution is 0.267. The molecule has 2 aliphatic rings. The van der Waals surface area contributed by atoms with E-state index >= 15 is 0 Å². The predicted octanol–water partition coefficient (Wildman–Crippen LogP) is 3.57. The quantitative estimate of drug-likeness (QED) is 0.342.